The van der Waals surface area contributed by atoms with Crippen molar-refractivity contribution in [2.45, 2.75) is 12.3 Å². The largest absolute Gasteiger partial charge is 0.455 e. The Labute approximate surface area is 117 Å². The zero-order chi connectivity index (χ0) is 13.2. The average molecular weight is 275 g/mol. The van der Waals surface area contributed by atoms with Crippen molar-refractivity contribution < 1.29 is 4.74 Å². The van der Waals surface area contributed by atoms with Crippen LogP contribution >= 0.6 is 11.6 Å². The fourth-order valence-electron chi connectivity index (χ4n) is 2.50. The maximum Gasteiger partial charge on any atom is 0.149 e. The van der Waals surface area contributed by atoms with Crippen LogP contribution in [0.5, 0.6) is 11.5 Å². The molecular formula is C15H15ClN2O. The van der Waals surface area contributed by atoms with Gasteiger partial charge in [-0.1, -0.05) is 11.6 Å². The van der Waals surface area contributed by atoms with Gasteiger partial charge in [0.1, 0.15) is 11.5 Å². The van der Waals surface area contributed by atoms with Crippen LogP contribution in [0.4, 0.5) is 0 Å². The number of benzene rings is 1. The Bertz CT molecular complexity index is 600. The van der Waals surface area contributed by atoms with E-state index >= 15 is 0 Å². The first kappa shape index (κ1) is 12.5. The van der Waals surface area contributed by atoms with Gasteiger partial charge in [0, 0.05) is 23.7 Å². The number of hydrogen-bond acceptors (Lipinski definition) is 3. The predicted molar refractivity (Wildman–Crippen MR) is 76.1 cm³/mol. The summed E-state index contributed by atoms with van der Waals surface area (Å²) < 4.78 is 5.99. The number of nitrogens with zero attached hydrogens (tertiary/aromatic N) is 1. The second kappa shape index (κ2) is 5.19. The lowest BCUT2D eigenvalue weighted by atomic mass is 9.95. The second-order valence-corrected chi connectivity index (χ2v) is 5.14. The highest BCUT2D eigenvalue weighted by Crippen LogP contribution is 2.38. The number of fused-ring (bicyclic) bond motifs is 2. The highest BCUT2D eigenvalue weighted by molar-refractivity contribution is 6.30. The lowest BCUT2D eigenvalue weighted by Crippen LogP contribution is -2.19. The highest BCUT2D eigenvalue weighted by atomic mass is 35.5. The summed E-state index contributed by atoms with van der Waals surface area (Å²) in [6, 6.07) is 9.63. The monoisotopic (exact) mass is 274 g/mol. The lowest BCUT2D eigenvalue weighted by molar-refractivity contribution is 0.474. The van der Waals surface area contributed by atoms with Crippen LogP contribution in [-0.4, -0.2) is 18.6 Å². The molecule has 1 N–H and O–H groups in total. The molecule has 2 aromatic rings. The van der Waals surface area contributed by atoms with Gasteiger partial charge in [0.15, 0.2) is 0 Å². The van der Waals surface area contributed by atoms with Crippen LogP contribution in [0, 0.1) is 0 Å². The SMILES string of the molecule is CNC[C@@H]1Cc2cc(Cl)ccc2Oc2cccnc21. The molecule has 1 aromatic carbocycles. The van der Waals surface area contributed by atoms with E-state index in [1.54, 1.807) is 0 Å². The molecular weight excluding hydrogens is 260 g/mol. The molecule has 3 rings (SSSR count). The van der Waals surface area contributed by atoms with Crippen molar-refractivity contribution in [2.75, 3.05) is 13.6 Å². The fraction of sp³-hybridized carbons (Fsp3) is 0.267. The number of nitrogens with one attached hydrogen (secondary N) is 1. The van der Waals surface area contributed by atoms with Gasteiger partial charge >= 0.3 is 0 Å². The quantitative estimate of drug-likeness (QED) is 0.911. The summed E-state index contributed by atoms with van der Waals surface area (Å²) in [6.07, 6.45) is 2.69. The molecule has 3 nitrogen and oxygen atoms in total. The van der Waals surface area contributed by atoms with Gasteiger partial charge in [0.25, 0.3) is 0 Å². The third-order valence-corrected chi connectivity index (χ3v) is 3.58. The van der Waals surface area contributed by atoms with Crippen LogP contribution in [-0.2, 0) is 6.42 Å². The summed E-state index contributed by atoms with van der Waals surface area (Å²) >= 11 is 6.08. The van der Waals surface area contributed by atoms with E-state index in [-0.39, 0.29) is 0 Å². The molecule has 4 heteroatoms. The maximum absolute atomic E-state index is 6.08. The first-order valence-corrected chi connectivity index (χ1v) is 6.71. The zero-order valence-electron chi connectivity index (χ0n) is 10.7. The number of halogens is 1. The van der Waals surface area contributed by atoms with Gasteiger partial charge < -0.3 is 10.1 Å². The molecule has 0 aliphatic carbocycles. The minimum atomic E-state index is 0.293. The Morgan fingerprint density at radius 2 is 2.26 bits per heavy atom. The van der Waals surface area contributed by atoms with Crippen molar-refractivity contribution in [1.82, 2.24) is 10.3 Å². The van der Waals surface area contributed by atoms with Crippen molar-refractivity contribution >= 4 is 11.6 Å². The molecule has 0 saturated carbocycles. The number of hydrogen-bond donors (Lipinski definition) is 1. The van der Waals surface area contributed by atoms with E-state index in [4.69, 9.17) is 16.3 Å². The second-order valence-electron chi connectivity index (χ2n) is 4.70. The van der Waals surface area contributed by atoms with Crippen LogP contribution in [0.15, 0.2) is 36.5 Å². The van der Waals surface area contributed by atoms with E-state index < -0.39 is 0 Å². The summed E-state index contributed by atoms with van der Waals surface area (Å²) in [4.78, 5) is 4.49. The molecule has 1 atom stereocenters. The molecule has 1 aliphatic heterocycles. The van der Waals surface area contributed by atoms with Gasteiger partial charge in [-0.05, 0) is 49.4 Å². The van der Waals surface area contributed by atoms with E-state index in [2.05, 4.69) is 10.3 Å². The Morgan fingerprint density at radius 3 is 3.11 bits per heavy atom. The smallest absolute Gasteiger partial charge is 0.149 e. The first-order valence-electron chi connectivity index (χ1n) is 6.33. The van der Waals surface area contributed by atoms with Crippen molar-refractivity contribution in [3.8, 4) is 11.5 Å². The standard InChI is InChI=1S/C15H15ClN2O/c1-17-9-11-7-10-8-12(16)4-5-13(10)19-14-3-2-6-18-15(11)14/h2-6,8,11,17H,7,9H2,1H3/t11-/m0/s1. The van der Waals surface area contributed by atoms with Gasteiger partial charge in [-0.25, -0.2) is 0 Å². The molecule has 0 amide bonds. The average Bonchev–Trinajstić information content (AvgIpc) is 2.56. The molecule has 0 bridgehead atoms. The summed E-state index contributed by atoms with van der Waals surface area (Å²) in [5.74, 6) is 2.00. The molecule has 0 saturated heterocycles. The van der Waals surface area contributed by atoms with Crippen molar-refractivity contribution in [1.29, 1.82) is 0 Å². The van der Waals surface area contributed by atoms with Gasteiger partial charge in [0.2, 0.25) is 0 Å². The van der Waals surface area contributed by atoms with Gasteiger partial charge in [-0.2, -0.15) is 0 Å². The number of rotatable bonds is 2. The first-order chi connectivity index (χ1) is 9.28. The number of pyridine rings is 1. The van der Waals surface area contributed by atoms with E-state index in [0.717, 1.165) is 40.7 Å². The van der Waals surface area contributed by atoms with E-state index in [0.29, 0.717) is 5.92 Å². The summed E-state index contributed by atoms with van der Waals surface area (Å²) in [5.41, 5.74) is 2.13. The molecule has 0 fully saturated rings. The normalized spacial score (nSPS) is 17.1. The molecule has 0 radical (unpaired) electrons. The topological polar surface area (TPSA) is 34.1 Å². The molecule has 0 unspecified atom stereocenters. The van der Waals surface area contributed by atoms with Crippen molar-refractivity contribution in [2.24, 2.45) is 0 Å². The molecule has 0 spiro atoms. The summed E-state index contributed by atoms with van der Waals surface area (Å²) in [6.45, 7) is 0.860. The Morgan fingerprint density at radius 1 is 1.37 bits per heavy atom. The van der Waals surface area contributed by atoms with Crippen molar-refractivity contribution in [3.63, 3.8) is 0 Å². The number of ether oxygens (including phenoxy) is 1. The molecule has 1 aliphatic rings. The fourth-order valence-corrected chi connectivity index (χ4v) is 2.69. The van der Waals surface area contributed by atoms with Crippen LogP contribution in [0.2, 0.25) is 5.02 Å². The minimum absolute atomic E-state index is 0.293. The molecule has 98 valence electrons. The van der Waals surface area contributed by atoms with Crippen LogP contribution in [0.3, 0.4) is 0 Å². The highest BCUT2D eigenvalue weighted by Gasteiger charge is 2.24. The van der Waals surface area contributed by atoms with E-state index in [1.807, 2.05) is 43.6 Å². The summed E-state index contributed by atoms with van der Waals surface area (Å²) in [5, 5.41) is 3.96. The lowest BCUT2D eigenvalue weighted by Gasteiger charge is -2.14. The van der Waals surface area contributed by atoms with Gasteiger partial charge in [-0.15, -0.1) is 0 Å². The Hall–Kier alpha value is -1.58. The van der Waals surface area contributed by atoms with Crippen molar-refractivity contribution in [3.05, 3.63) is 52.8 Å². The summed E-state index contributed by atoms with van der Waals surface area (Å²) in [7, 11) is 1.95. The van der Waals surface area contributed by atoms with Gasteiger partial charge in [-0.3, -0.25) is 4.98 Å². The Balaban J connectivity index is 2.09. The Kier molecular flexibility index (Phi) is 3.40. The maximum atomic E-state index is 6.08. The molecule has 1 aromatic heterocycles. The predicted octanol–water partition coefficient (Wildman–Crippen LogP) is 3.39. The number of aromatic nitrogens is 1. The van der Waals surface area contributed by atoms with Gasteiger partial charge in [0.05, 0.1) is 5.69 Å². The molecule has 19 heavy (non-hydrogen) atoms. The number of likely N-dealkylation sites (N-methyl/N-ethyl adjacent to an activating group) is 1. The zero-order valence-corrected chi connectivity index (χ0v) is 11.4. The van der Waals surface area contributed by atoms with Crippen LogP contribution in [0.25, 0.3) is 0 Å². The minimum Gasteiger partial charge on any atom is -0.455 e. The van der Waals surface area contributed by atoms with Crippen LogP contribution in [0.1, 0.15) is 17.2 Å². The molecule has 2 heterocycles. The third kappa shape index (κ3) is 2.44. The van der Waals surface area contributed by atoms with E-state index in [9.17, 15) is 0 Å². The third-order valence-electron chi connectivity index (χ3n) is 3.35. The van der Waals surface area contributed by atoms with Crippen LogP contribution < -0.4 is 10.1 Å². The van der Waals surface area contributed by atoms with E-state index in [1.165, 1.54) is 0 Å².